The number of benzene rings is 2. The summed E-state index contributed by atoms with van der Waals surface area (Å²) >= 11 is 0. The lowest BCUT2D eigenvalue weighted by Crippen LogP contribution is -2.41. The number of phenolic OH excluding ortho intramolecular Hbond substituents is 1. The molecule has 0 spiro atoms. The third-order valence-corrected chi connectivity index (χ3v) is 4.72. The lowest BCUT2D eigenvalue weighted by atomic mass is 10.1. The van der Waals surface area contributed by atoms with Crippen molar-refractivity contribution in [2.75, 3.05) is 19.8 Å². The molecule has 0 bridgehead atoms. The van der Waals surface area contributed by atoms with Crippen molar-refractivity contribution < 1.29 is 24.5 Å². The van der Waals surface area contributed by atoms with Gasteiger partial charge in [-0.25, -0.2) is 0 Å². The van der Waals surface area contributed by atoms with Crippen molar-refractivity contribution in [3.8, 4) is 5.75 Å². The minimum absolute atomic E-state index is 0.0240. The SMILES string of the molecule is CC(CO)OCC(C)OCC(Cc1ccc(O)cc1)NC(=O)CCc1ccccc1. The van der Waals surface area contributed by atoms with Gasteiger partial charge >= 0.3 is 0 Å². The molecule has 0 aliphatic carbocycles. The Morgan fingerprint density at radius 2 is 1.60 bits per heavy atom. The molecule has 0 heterocycles. The first kappa shape index (κ1) is 23.9. The normalized spacial score (nSPS) is 14.1. The van der Waals surface area contributed by atoms with Gasteiger partial charge in [-0.2, -0.15) is 0 Å². The van der Waals surface area contributed by atoms with Crippen molar-refractivity contribution in [1.82, 2.24) is 5.32 Å². The molecule has 164 valence electrons. The summed E-state index contributed by atoms with van der Waals surface area (Å²) in [5.74, 6) is 0.186. The van der Waals surface area contributed by atoms with E-state index in [4.69, 9.17) is 14.6 Å². The molecule has 0 aliphatic rings. The number of hydrogen-bond acceptors (Lipinski definition) is 5. The number of ether oxygens (including phenoxy) is 2. The number of amides is 1. The number of aryl methyl sites for hydroxylation is 1. The Morgan fingerprint density at radius 3 is 2.27 bits per heavy atom. The van der Waals surface area contributed by atoms with Crippen LogP contribution in [0.2, 0.25) is 0 Å². The first-order valence-corrected chi connectivity index (χ1v) is 10.4. The van der Waals surface area contributed by atoms with Gasteiger partial charge in [0.05, 0.1) is 38.1 Å². The summed E-state index contributed by atoms with van der Waals surface area (Å²) in [6.07, 6.45) is 1.29. The summed E-state index contributed by atoms with van der Waals surface area (Å²) in [7, 11) is 0. The second-order valence-corrected chi connectivity index (χ2v) is 7.59. The number of phenols is 1. The fraction of sp³-hybridized carbons (Fsp3) is 0.458. The van der Waals surface area contributed by atoms with E-state index in [1.54, 1.807) is 19.1 Å². The molecular formula is C24H33NO5. The Morgan fingerprint density at radius 1 is 0.933 bits per heavy atom. The van der Waals surface area contributed by atoms with Crippen molar-refractivity contribution >= 4 is 5.91 Å². The standard InChI is InChI=1S/C24H33NO5/c1-18(15-26)29-16-19(2)30-17-22(14-21-8-11-23(27)12-9-21)25-24(28)13-10-20-6-4-3-5-7-20/h3-9,11-12,18-19,22,26-27H,10,13-17H2,1-2H3,(H,25,28). The van der Waals surface area contributed by atoms with E-state index in [0.717, 1.165) is 11.1 Å². The molecule has 0 aromatic heterocycles. The summed E-state index contributed by atoms with van der Waals surface area (Å²) in [6, 6.07) is 16.7. The number of hydrogen-bond donors (Lipinski definition) is 3. The van der Waals surface area contributed by atoms with Gasteiger partial charge in [0.25, 0.3) is 0 Å². The van der Waals surface area contributed by atoms with Gasteiger partial charge in [0.2, 0.25) is 5.91 Å². The molecule has 1 amide bonds. The summed E-state index contributed by atoms with van der Waals surface area (Å²) in [5, 5.41) is 21.6. The molecule has 3 N–H and O–H groups in total. The molecule has 2 rings (SSSR count). The van der Waals surface area contributed by atoms with Crippen LogP contribution in [-0.2, 0) is 27.1 Å². The van der Waals surface area contributed by atoms with Crippen molar-refractivity contribution in [3.05, 3.63) is 65.7 Å². The quantitative estimate of drug-likeness (QED) is 0.468. The summed E-state index contributed by atoms with van der Waals surface area (Å²) in [5.41, 5.74) is 2.13. The second-order valence-electron chi connectivity index (χ2n) is 7.59. The van der Waals surface area contributed by atoms with Crippen LogP contribution < -0.4 is 5.32 Å². The molecule has 0 radical (unpaired) electrons. The Balaban J connectivity index is 1.89. The average molecular weight is 416 g/mol. The van der Waals surface area contributed by atoms with Crippen molar-refractivity contribution in [2.24, 2.45) is 0 Å². The maximum atomic E-state index is 12.5. The van der Waals surface area contributed by atoms with Crippen LogP contribution in [0.1, 0.15) is 31.4 Å². The van der Waals surface area contributed by atoms with E-state index in [9.17, 15) is 9.90 Å². The Labute approximate surface area is 178 Å². The van der Waals surface area contributed by atoms with Gasteiger partial charge in [0.1, 0.15) is 5.75 Å². The molecule has 2 aromatic carbocycles. The van der Waals surface area contributed by atoms with E-state index in [1.165, 1.54) is 0 Å². The molecule has 0 aliphatic heterocycles. The van der Waals surface area contributed by atoms with Gasteiger partial charge in [-0.15, -0.1) is 0 Å². The minimum atomic E-state index is -0.235. The van der Waals surface area contributed by atoms with Gasteiger partial charge in [0.15, 0.2) is 0 Å². The smallest absolute Gasteiger partial charge is 0.220 e. The van der Waals surface area contributed by atoms with Gasteiger partial charge in [-0.1, -0.05) is 42.5 Å². The molecule has 0 fully saturated rings. The second kappa shape index (κ2) is 13.0. The maximum absolute atomic E-state index is 12.5. The summed E-state index contributed by atoms with van der Waals surface area (Å²) in [6.45, 7) is 4.38. The van der Waals surface area contributed by atoms with Crippen molar-refractivity contribution in [3.63, 3.8) is 0 Å². The van der Waals surface area contributed by atoms with Crippen molar-refractivity contribution in [2.45, 2.75) is 51.4 Å². The zero-order valence-corrected chi connectivity index (χ0v) is 17.8. The number of aromatic hydroxyl groups is 1. The number of carbonyl (C=O) groups excluding carboxylic acids is 1. The predicted octanol–water partition coefficient (Wildman–Crippen LogP) is 2.85. The maximum Gasteiger partial charge on any atom is 0.220 e. The lowest BCUT2D eigenvalue weighted by molar-refractivity contribution is -0.122. The predicted molar refractivity (Wildman–Crippen MR) is 116 cm³/mol. The highest BCUT2D eigenvalue weighted by Crippen LogP contribution is 2.12. The van der Waals surface area contributed by atoms with Crippen LogP contribution in [-0.4, -0.2) is 54.2 Å². The zero-order valence-electron chi connectivity index (χ0n) is 17.8. The van der Waals surface area contributed by atoms with E-state index < -0.39 is 0 Å². The summed E-state index contributed by atoms with van der Waals surface area (Å²) < 4.78 is 11.4. The fourth-order valence-corrected chi connectivity index (χ4v) is 2.95. The van der Waals surface area contributed by atoms with E-state index in [2.05, 4.69) is 5.32 Å². The molecule has 3 unspecified atom stereocenters. The number of aliphatic hydroxyl groups is 1. The van der Waals surface area contributed by atoms with Crippen LogP contribution in [0.5, 0.6) is 5.75 Å². The van der Waals surface area contributed by atoms with Crippen LogP contribution >= 0.6 is 0 Å². The minimum Gasteiger partial charge on any atom is -0.508 e. The van der Waals surface area contributed by atoms with E-state index in [-0.39, 0.29) is 36.5 Å². The number of carbonyl (C=O) groups is 1. The van der Waals surface area contributed by atoms with E-state index >= 15 is 0 Å². The molecule has 0 saturated carbocycles. The molecule has 2 aromatic rings. The number of aliphatic hydroxyl groups excluding tert-OH is 1. The fourth-order valence-electron chi connectivity index (χ4n) is 2.95. The molecule has 30 heavy (non-hydrogen) atoms. The van der Waals surface area contributed by atoms with Crippen LogP contribution in [0.3, 0.4) is 0 Å². The van der Waals surface area contributed by atoms with Crippen LogP contribution in [0.15, 0.2) is 54.6 Å². The van der Waals surface area contributed by atoms with Gasteiger partial charge in [-0.3, -0.25) is 4.79 Å². The number of nitrogens with one attached hydrogen (secondary N) is 1. The average Bonchev–Trinajstić information content (AvgIpc) is 2.76. The monoisotopic (exact) mass is 415 g/mol. The molecule has 6 nitrogen and oxygen atoms in total. The molecule has 6 heteroatoms. The molecular weight excluding hydrogens is 382 g/mol. The highest BCUT2D eigenvalue weighted by molar-refractivity contribution is 5.76. The van der Waals surface area contributed by atoms with E-state index in [1.807, 2.05) is 49.4 Å². The highest BCUT2D eigenvalue weighted by Gasteiger charge is 2.16. The molecule has 3 atom stereocenters. The topological polar surface area (TPSA) is 88.0 Å². The first-order valence-electron chi connectivity index (χ1n) is 10.4. The lowest BCUT2D eigenvalue weighted by Gasteiger charge is -2.22. The van der Waals surface area contributed by atoms with Crippen molar-refractivity contribution in [1.29, 1.82) is 0 Å². The Bertz CT molecular complexity index is 735. The highest BCUT2D eigenvalue weighted by atomic mass is 16.5. The number of rotatable bonds is 13. The molecule has 0 saturated heterocycles. The van der Waals surface area contributed by atoms with Gasteiger partial charge < -0.3 is 25.0 Å². The van der Waals surface area contributed by atoms with Gasteiger partial charge in [-0.05, 0) is 49.9 Å². The third kappa shape index (κ3) is 9.39. The first-order chi connectivity index (χ1) is 14.5. The Hall–Kier alpha value is -2.41. The van der Waals surface area contributed by atoms with Crippen LogP contribution in [0.25, 0.3) is 0 Å². The Kier molecular flexibility index (Phi) is 10.3. The largest absolute Gasteiger partial charge is 0.508 e. The van der Waals surface area contributed by atoms with E-state index in [0.29, 0.717) is 32.5 Å². The van der Waals surface area contributed by atoms with Crippen LogP contribution in [0.4, 0.5) is 0 Å². The summed E-state index contributed by atoms with van der Waals surface area (Å²) in [4.78, 5) is 12.5. The van der Waals surface area contributed by atoms with Gasteiger partial charge in [0, 0.05) is 6.42 Å². The third-order valence-electron chi connectivity index (χ3n) is 4.72. The zero-order chi connectivity index (χ0) is 21.8. The van der Waals surface area contributed by atoms with Crippen LogP contribution in [0, 0.1) is 0 Å².